The molecule has 3 atom stereocenters. The summed E-state index contributed by atoms with van der Waals surface area (Å²) in [5, 5.41) is 41.6. The Morgan fingerprint density at radius 3 is 2.36 bits per heavy atom. The van der Waals surface area contributed by atoms with Crippen LogP contribution >= 0.6 is 0 Å². The molecule has 3 N–H and O–H groups in total. The number of aliphatic hydroxyl groups excluding tert-OH is 1. The van der Waals surface area contributed by atoms with Crippen LogP contribution in [0, 0.1) is 10.1 Å². The SMILES string of the molecule is O=[N+]([O-])c1ccc(-n2c(O)c3c(c2O)C2CC3CC2O)cc1. The minimum Gasteiger partial charge on any atom is -0.494 e. The maximum Gasteiger partial charge on any atom is 0.269 e. The third kappa shape index (κ3) is 1.54. The van der Waals surface area contributed by atoms with Gasteiger partial charge in [0.2, 0.25) is 11.8 Å². The second-order valence-corrected chi connectivity index (χ2v) is 5.93. The van der Waals surface area contributed by atoms with E-state index in [0.717, 1.165) is 6.42 Å². The first kappa shape index (κ1) is 13.1. The minimum absolute atomic E-state index is 0.0410. The summed E-state index contributed by atoms with van der Waals surface area (Å²) in [4.78, 5) is 10.2. The van der Waals surface area contributed by atoms with Crippen LogP contribution in [0.25, 0.3) is 5.69 Å². The molecule has 2 bridgehead atoms. The summed E-state index contributed by atoms with van der Waals surface area (Å²) in [6.07, 6.45) is 0.846. The Morgan fingerprint density at radius 2 is 1.73 bits per heavy atom. The van der Waals surface area contributed by atoms with Crippen LogP contribution in [0.3, 0.4) is 0 Å². The molecule has 3 unspecified atom stereocenters. The lowest BCUT2D eigenvalue weighted by Gasteiger charge is -2.16. The van der Waals surface area contributed by atoms with Crippen LogP contribution in [0.4, 0.5) is 5.69 Å². The van der Waals surface area contributed by atoms with Crippen LogP contribution in [0.1, 0.15) is 35.8 Å². The zero-order valence-electron chi connectivity index (χ0n) is 11.5. The third-order valence-corrected chi connectivity index (χ3v) is 4.82. The number of nitro benzene ring substituents is 1. The number of fused-ring (bicyclic) bond motifs is 5. The Labute approximate surface area is 125 Å². The fourth-order valence-corrected chi connectivity index (χ4v) is 3.88. The van der Waals surface area contributed by atoms with Crippen molar-refractivity contribution in [3.8, 4) is 17.4 Å². The van der Waals surface area contributed by atoms with E-state index in [2.05, 4.69) is 0 Å². The number of benzene rings is 1. The van der Waals surface area contributed by atoms with E-state index >= 15 is 0 Å². The van der Waals surface area contributed by atoms with Crippen molar-refractivity contribution in [2.45, 2.75) is 30.8 Å². The van der Waals surface area contributed by atoms with Crippen molar-refractivity contribution in [2.75, 3.05) is 0 Å². The van der Waals surface area contributed by atoms with Gasteiger partial charge in [-0.2, -0.15) is 0 Å². The lowest BCUT2D eigenvalue weighted by Crippen LogP contribution is -2.13. The van der Waals surface area contributed by atoms with Gasteiger partial charge in [0.05, 0.1) is 16.7 Å². The van der Waals surface area contributed by atoms with Gasteiger partial charge in [-0.1, -0.05) is 0 Å². The fourth-order valence-electron chi connectivity index (χ4n) is 3.88. The van der Waals surface area contributed by atoms with Gasteiger partial charge in [-0.25, -0.2) is 0 Å². The number of nitrogens with zero attached hydrogens (tertiary/aromatic N) is 2. The van der Waals surface area contributed by atoms with Crippen molar-refractivity contribution < 1.29 is 20.2 Å². The van der Waals surface area contributed by atoms with Crippen LogP contribution in [0.2, 0.25) is 0 Å². The Kier molecular flexibility index (Phi) is 2.53. The van der Waals surface area contributed by atoms with Crippen molar-refractivity contribution in [1.82, 2.24) is 4.57 Å². The predicted octanol–water partition coefficient (Wildman–Crippen LogP) is 2.13. The summed E-state index contributed by atoms with van der Waals surface area (Å²) in [6.45, 7) is 0. The topological polar surface area (TPSA) is 109 Å². The van der Waals surface area contributed by atoms with Gasteiger partial charge >= 0.3 is 0 Å². The molecule has 1 heterocycles. The van der Waals surface area contributed by atoms with E-state index in [-0.39, 0.29) is 29.3 Å². The summed E-state index contributed by atoms with van der Waals surface area (Å²) in [7, 11) is 0. The molecule has 7 nitrogen and oxygen atoms in total. The number of rotatable bonds is 2. The maximum atomic E-state index is 10.7. The molecule has 1 saturated carbocycles. The summed E-state index contributed by atoms with van der Waals surface area (Å²) < 4.78 is 1.28. The normalized spacial score (nSPS) is 25.4. The average molecular weight is 302 g/mol. The third-order valence-electron chi connectivity index (χ3n) is 4.82. The second-order valence-electron chi connectivity index (χ2n) is 5.93. The van der Waals surface area contributed by atoms with E-state index in [1.54, 1.807) is 0 Å². The van der Waals surface area contributed by atoms with Gasteiger partial charge < -0.3 is 15.3 Å². The molecule has 2 aliphatic carbocycles. The largest absolute Gasteiger partial charge is 0.494 e. The molecule has 0 aliphatic heterocycles. The van der Waals surface area contributed by atoms with Crippen molar-refractivity contribution in [3.63, 3.8) is 0 Å². The van der Waals surface area contributed by atoms with E-state index in [0.29, 0.717) is 23.2 Å². The zero-order valence-corrected chi connectivity index (χ0v) is 11.5. The Bertz CT molecular complexity index is 780. The highest BCUT2D eigenvalue weighted by Gasteiger charge is 2.49. The summed E-state index contributed by atoms with van der Waals surface area (Å²) >= 11 is 0. The highest BCUT2D eigenvalue weighted by molar-refractivity contribution is 5.60. The van der Waals surface area contributed by atoms with Gasteiger partial charge in [-0.15, -0.1) is 0 Å². The highest BCUT2D eigenvalue weighted by Crippen LogP contribution is 2.60. The number of aromatic nitrogens is 1. The van der Waals surface area contributed by atoms with Crippen LogP contribution in [-0.4, -0.2) is 30.9 Å². The van der Waals surface area contributed by atoms with Crippen LogP contribution < -0.4 is 0 Å². The van der Waals surface area contributed by atoms with E-state index in [4.69, 9.17) is 0 Å². The Morgan fingerprint density at radius 1 is 1.09 bits per heavy atom. The van der Waals surface area contributed by atoms with Gasteiger partial charge in [0.1, 0.15) is 0 Å². The molecular weight excluding hydrogens is 288 g/mol. The van der Waals surface area contributed by atoms with Crippen LogP contribution in [0.15, 0.2) is 24.3 Å². The molecule has 0 amide bonds. The molecule has 1 fully saturated rings. The zero-order chi connectivity index (χ0) is 15.6. The lowest BCUT2D eigenvalue weighted by molar-refractivity contribution is -0.384. The van der Waals surface area contributed by atoms with Gasteiger partial charge in [0.15, 0.2) is 0 Å². The molecule has 2 aliphatic rings. The molecule has 0 saturated heterocycles. The Hall–Kier alpha value is -2.54. The standard InChI is InChI=1S/C15H14N2O5/c18-11-6-7-5-10(11)13-12(7)14(19)16(15(13)20)8-1-3-9(4-2-8)17(21)22/h1-4,7,10-11,18-20H,5-6H2. The van der Waals surface area contributed by atoms with Gasteiger partial charge in [0.25, 0.3) is 5.69 Å². The van der Waals surface area contributed by atoms with E-state index in [1.165, 1.54) is 28.8 Å². The van der Waals surface area contributed by atoms with E-state index in [1.807, 2.05) is 0 Å². The Balaban J connectivity index is 1.84. The first-order chi connectivity index (χ1) is 10.5. The molecule has 0 spiro atoms. The van der Waals surface area contributed by atoms with Crippen LogP contribution in [0.5, 0.6) is 11.8 Å². The summed E-state index contributed by atoms with van der Waals surface area (Å²) in [5.74, 6) is -0.223. The van der Waals surface area contributed by atoms with Gasteiger partial charge in [0, 0.05) is 29.2 Å². The molecule has 2 aromatic rings. The fraction of sp³-hybridized carbons (Fsp3) is 0.333. The van der Waals surface area contributed by atoms with Crippen molar-refractivity contribution >= 4 is 5.69 Å². The number of hydrogen-bond donors (Lipinski definition) is 3. The number of non-ortho nitro benzene ring substituents is 1. The molecule has 114 valence electrons. The first-order valence-corrected chi connectivity index (χ1v) is 7.08. The second kappa shape index (κ2) is 4.23. The molecule has 0 radical (unpaired) electrons. The highest BCUT2D eigenvalue weighted by atomic mass is 16.6. The quantitative estimate of drug-likeness (QED) is 0.581. The summed E-state index contributed by atoms with van der Waals surface area (Å²) in [6, 6.07) is 5.60. The number of aromatic hydroxyl groups is 2. The number of nitro groups is 1. The minimum atomic E-state index is -0.504. The molecule has 1 aromatic carbocycles. The molecule has 1 aromatic heterocycles. The van der Waals surface area contributed by atoms with Crippen molar-refractivity contribution in [1.29, 1.82) is 0 Å². The molecule has 4 rings (SSSR count). The lowest BCUT2D eigenvalue weighted by atomic mass is 9.93. The smallest absolute Gasteiger partial charge is 0.269 e. The van der Waals surface area contributed by atoms with Crippen molar-refractivity contribution in [2.24, 2.45) is 0 Å². The maximum absolute atomic E-state index is 10.7. The van der Waals surface area contributed by atoms with Crippen molar-refractivity contribution in [3.05, 3.63) is 45.5 Å². The molecular formula is C15H14N2O5. The van der Waals surface area contributed by atoms with E-state index < -0.39 is 11.0 Å². The van der Waals surface area contributed by atoms with E-state index in [9.17, 15) is 25.4 Å². The molecule has 22 heavy (non-hydrogen) atoms. The predicted molar refractivity (Wildman–Crippen MR) is 76.5 cm³/mol. The summed E-state index contributed by atoms with van der Waals surface area (Å²) in [5.41, 5.74) is 1.70. The number of aliphatic hydroxyl groups is 1. The molecule has 7 heteroatoms. The van der Waals surface area contributed by atoms with Gasteiger partial charge in [-0.3, -0.25) is 14.7 Å². The van der Waals surface area contributed by atoms with Gasteiger partial charge in [-0.05, 0) is 30.9 Å². The monoisotopic (exact) mass is 302 g/mol. The first-order valence-electron chi connectivity index (χ1n) is 7.08. The average Bonchev–Trinajstić information content (AvgIpc) is 3.11. The van der Waals surface area contributed by atoms with Crippen LogP contribution in [-0.2, 0) is 0 Å². The number of hydrogen-bond acceptors (Lipinski definition) is 5.